The lowest BCUT2D eigenvalue weighted by molar-refractivity contribution is -0.166. The Morgan fingerprint density at radius 3 is 0.807 bits per heavy atom. The molecular formula is C77H134O6. The Morgan fingerprint density at radius 2 is 0.494 bits per heavy atom. The smallest absolute Gasteiger partial charge is 0.306 e. The van der Waals surface area contributed by atoms with Gasteiger partial charge in [-0.05, 0) is 83.5 Å². The quantitative estimate of drug-likeness (QED) is 0.0261. The Morgan fingerprint density at radius 1 is 0.253 bits per heavy atom. The van der Waals surface area contributed by atoms with Crippen LogP contribution in [0.4, 0.5) is 0 Å². The minimum atomic E-state index is -0.805. The number of carbonyl (C=O) groups excluding carboxylic acids is 3. The van der Waals surface area contributed by atoms with Crippen LogP contribution in [0.15, 0.2) is 97.2 Å². The second kappa shape index (κ2) is 70.8. The van der Waals surface area contributed by atoms with E-state index in [2.05, 4.69) is 112 Å². The van der Waals surface area contributed by atoms with Crippen molar-refractivity contribution in [2.24, 2.45) is 0 Å². The first-order valence-corrected chi connectivity index (χ1v) is 35.7. The van der Waals surface area contributed by atoms with E-state index in [1.807, 2.05) is 6.08 Å². The molecule has 0 aromatic carbocycles. The molecular weight excluding hydrogens is 1020 g/mol. The monoisotopic (exact) mass is 1160 g/mol. The molecule has 0 aromatic heterocycles. The molecule has 0 saturated heterocycles. The van der Waals surface area contributed by atoms with Crippen LogP contribution in [-0.2, 0) is 28.6 Å². The highest BCUT2D eigenvalue weighted by molar-refractivity contribution is 5.71. The second-order valence-corrected chi connectivity index (χ2v) is 23.7. The van der Waals surface area contributed by atoms with Gasteiger partial charge in [-0.1, -0.05) is 349 Å². The number of rotatable bonds is 65. The maximum absolute atomic E-state index is 12.9. The largest absolute Gasteiger partial charge is 0.462 e. The molecule has 0 rings (SSSR count). The lowest BCUT2D eigenvalue weighted by Crippen LogP contribution is -2.30. The molecule has 0 saturated carbocycles. The van der Waals surface area contributed by atoms with Crippen LogP contribution in [0.5, 0.6) is 0 Å². The first-order chi connectivity index (χ1) is 41.0. The van der Waals surface area contributed by atoms with Crippen molar-refractivity contribution in [3.63, 3.8) is 0 Å². The van der Waals surface area contributed by atoms with Gasteiger partial charge in [0.25, 0.3) is 0 Å². The zero-order valence-corrected chi connectivity index (χ0v) is 54.9. The number of allylic oxidation sites excluding steroid dienone is 16. The SMILES string of the molecule is CC/C=C\C/C=C\C/C=C\C/C=C\CCCCCCCCCCCCCCCCCCCCC(=O)OCC(COC(=O)CC/C=C\C/C=C\C/C=C\C/C=C\CC)OC(=O)CCCCCCCCCCCCCCCCCCCCCCC. The summed E-state index contributed by atoms with van der Waals surface area (Å²) in [5, 5.41) is 0. The number of ether oxygens (including phenoxy) is 3. The number of carbonyl (C=O) groups is 3. The van der Waals surface area contributed by atoms with Crippen molar-refractivity contribution in [2.45, 2.75) is 361 Å². The summed E-state index contributed by atoms with van der Waals surface area (Å²) in [7, 11) is 0. The summed E-state index contributed by atoms with van der Waals surface area (Å²) in [5.41, 5.74) is 0. The van der Waals surface area contributed by atoms with E-state index in [1.54, 1.807) is 0 Å². The third kappa shape index (κ3) is 69.0. The van der Waals surface area contributed by atoms with Crippen LogP contribution in [0.25, 0.3) is 0 Å². The number of hydrogen-bond acceptors (Lipinski definition) is 6. The van der Waals surface area contributed by atoms with Gasteiger partial charge in [0.05, 0.1) is 0 Å². The maximum atomic E-state index is 12.9. The molecule has 0 fully saturated rings. The van der Waals surface area contributed by atoms with Crippen LogP contribution >= 0.6 is 0 Å². The van der Waals surface area contributed by atoms with Crippen LogP contribution in [0.3, 0.4) is 0 Å². The third-order valence-electron chi connectivity index (χ3n) is 15.6. The molecule has 0 N–H and O–H groups in total. The third-order valence-corrected chi connectivity index (χ3v) is 15.6. The van der Waals surface area contributed by atoms with Crippen molar-refractivity contribution in [2.75, 3.05) is 13.2 Å². The van der Waals surface area contributed by atoms with E-state index in [4.69, 9.17) is 14.2 Å². The van der Waals surface area contributed by atoms with Gasteiger partial charge in [-0.25, -0.2) is 0 Å². The second-order valence-electron chi connectivity index (χ2n) is 23.7. The summed E-state index contributed by atoms with van der Waals surface area (Å²) in [4.78, 5) is 38.4. The molecule has 0 spiro atoms. The van der Waals surface area contributed by atoms with Gasteiger partial charge in [0.1, 0.15) is 13.2 Å². The van der Waals surface area contributed by atoms with E-state index < -0.39 is 6.10 Å². The van der Waals surface area contributed by atoms with Crippen LogP contribution in [0, 0.1) is 0 Å². The summed E-state index contributed by atoms with van der Waals surface area (Å²) >= 11 is 0. The molecule has 0 aliphatic rings. The Balaban J connectivity index is 4.22. The molecule has 1 atom stereocenters. The minimum Gasteiger partial charge on any atom is -0.462 e. The molecule has 6 heteroatoms. The van der Waals surface area contributed by atoms with Gasteiger partial charge < -0.3 is 14.2 Å². The fraction of sp³-hybridized carbons (Fsp3) is 0.753. The topological polar surface area (TPSA) is 78.9 Å². The van der Waals surface area contributed by atoms with Crippen LogP contribution in [0.1, 0.15) is 355 Å². The number of hydrogen-bond donors (Lipinski definition) is 0. The zero-order valence-electron chi connectivity index (χ0n) is 54.9. The summed E-state index contributed by atoms with van der Waals surface area (Å²) in [6.45, 7) is 6.40. The van der Waals surface area contributed by atoms with Crippen molar-refractivity contribution in [1.29, 1.82) is 0 Å². The summed E-state index contributed by atoms with van der Waals surface area (Å²) in [5.74, 6) is -0.960. The van der Waals surface area contributed by atoms with E-state index in [0.29, 0.717) is 19.3 Å². The van der Waals surface area contributed by atoms with Crippen molar-refractivity contribution < 1.29 is 28.6 Å². The fourth-order valence-corrected chi connectivity index (χ4v) is 10.3. The van der Waals surface area contributed by atoms with Crippen LogP contribution < -0.4 is 0 Å². The first-order valence-electron chi connectivity index (χ1n) is 35.7. The normalized spacial score (nSPS) is 12.7. The standard InChI is InChI=1S/C77H134O6/c1-4-7-10-13-16-19-22-25-27-29-31-33-34-35-36-37-38-39-40-41-42-44-45-47-49-52-55-58-61-64-67-70-76(79)82-73-74(72-81-75(78)69-66-63-60-57-54-51-24-21-18-15-12-9-6-3)83-77(80)71-68-65-62-59-56-53-50-48-46-43-32-30-28-26-23-20-17-14-11-8-5-2/h7,9-10,12,16,18-19,21,25,27,31,33,51,54,60,63,74H,4-6,8,11,13-15,17,20,22-24,26,28-30,32,34-50,52-53,55-59,61-62,64-73H2,1-3H3/b10-7-,12-9-,19-16-,21-18-,27-25-,33-31-,54-51-,63-60-. The minimum absolute atomic E-state index is 0.0946. The van der Waals surface area contributed by atoms with Gasteiger partial charge in [-0.2, -0.15) is 0 Å². The Bertz CT molecular complexity index is 1610. The molecule has 0 aliphatic heterocycles. The van der Waals surface area contributed by atoms with Crippen molar-refractivity contribution in [3.8, 4) is 0 Å². The molecule has 0 aromatic rings. The van der Waals surface area contributed by atoms with Gasteiger partial charge in [0.2, 0.25) is 0 Å². The molecule has 0 bridgehead atoms. The molecule has 0 heterocycles. The number of unbranched alkanes of at least 4 members (excludes halogenated alkanes) is 38. The molecule has 1 unspecified atom stereocenters. The highest BCUT2D eigenvalue weighted by Crippen LogP contribution is 2.18. The van der Waals surface area contributed by atoms with E-state index in [-0.39, 0.29) is 37.5 Å². The van der Waals surface area contributed by atoms with Gasteiger partial charge in [-0.15, -0.1) is 0 Å². The average molecular weight is 1160 g/mol. The molecule has 6 nitrogen and oxygen atoms in total. The Hall–Kier alpha value is -3.67. The van der Waals surface area contributed by atoms with Crippen LogP contribution in [0.2, 0.25) is 0 Å². The van der Waals surface area contributed by atoms with Gasteiger partial charge in [0.15, 0.2) is 6.10 Å². The highest BCUT2D eigenvalue weighted by atomic mass is 16.6. The molecule has 83 heavy (non-hydrogen) atoms. The van der Waals surface area contributed by atoms with E-state index in [9.17, 15) is 14.4 Å². The molecule has 478 valence electrons. The lowest BCUT2D eigenvalue weighted by atomic mass is 10.0. The molecule has 0 radical (unpaired) electrons. The Kier molecular flexibility index (Phi) is 67.7. The molecule has 0 aliphatic carbocycles. The zero-order chi connectivity index (χ0) is 59.9. The predicted molar refractivity (Wildman–Crippen MR) is 362 cm³/mol. The maximum Gasteiger partial charge on any atom is 0.306 e. The summed E-state index contributed by atoms with van der Waals surface area (Å²) in [6.07, 6.45) is 96.1. The summed E-state index contributed by atoms with van der Waals surface area (Å²) < 4.78 is 16.9. The summed E-state index contributed by atoms with van der Waals surface area (Å²) in [6, 6.07) is 0. The van der Waals surface area contributed by atoms with Crippen LogP contribution in [-0.4, -0.2) is 37.2 Å². The van der Waals surface area contributed by atoms with E-state index in [1.165, 1.54) is 218 Å². The average Bonchev–Trinajstić information content (AvgIpc) is 3.49. The Labute approximate surface area is 515 Å². The van der Waals surface area contributed by atoms with Crippen molar-refractivity contribution in [3.05, 3.63) is 97.2 Å². The van der Waals surface area contributed by atoms with Crippen molar-refractivity contribution in [1.82, 2.24) is 0 Å². The van der Waals surface area contributed by atoms with E-state index >= 15 is 0 Å². The highest BCUT2D eigenvalue weighted by Gasteiger charge is 2.19. The first kappa shape index (κ1) is 79.3. The van der Waals surface area contributed by atoms with Gasteiger partial charge in [0, 0.05) is 19.3 Å². The van der Waals surface area contributed by atoms with Crippen molar-refractivity contribution >= 4 is 17.9 Å². The predicted octanol–water partition coefficient (Wildman–Crippen LogP) is 24.8. The molecule has 0 amide bonds. The number of esters is 3. The lowest BCUT2D eigenvalue weighted by Gasteiger charge is -2.18. The van der Waals surface area contributed by atoms with Gasteiger partial charge >= 0.3 is 17.9 Å². The van der Waals surface area contributed by atoms with Gasteiger partial charge in [-0.3, -0.25) is 14.4 Å². The fourth-order valence-electron chi connectivity index (χ4n) is 10.3. The van der Waals surface area contributed by atoms with E-state index in [0.717, 1.165) is 89.9 Å².